The fraction of sp³-hybridized carbons (Fsp3) is 0.429. The van der Waals surface area contributed by atoms with Gasteiger partial charge >= 0.3 is 5.97 Å². The summed E-state index contributed by atoms with van der Waals surface area (Å²) in [6.07, 6.45) is 0.407. The molecule has 0 fully saturated rings. The van der Waals surface area contributed by atoms with Gasteiger partial charge in [-0.05, 0) is 47.3 Å². The number of hydrogen-bond acceptors (Lipinski definition) is 2. The Morgan fingerprint density at radius 1 is 1.37 bits per heavy atom. The van der Waals surface area contributed by atoms with Crippen molar-refractivity contribution in [2.24, 2.45) is 5.92 Å². The van der Waals surface area contributed by atoms with Crippen LogP contribution in [-0.2, 0) is 4.79 Å². The quantitative estimate of drug-likeness (QED) is 0.873. The Balaban J connectivity index is 2.87. The van der Waals surface area contributed by atoms with Gasteiger partial charge in [0.05, 0.1) is 5.56 Å². The minimum Gasteiger partial charge on any atom is -0.480 e. The van der Waals surface area contributed by atoms with E-state index in [0.29, 0.717) is 16.5 Å². The fourth-order valence-electron chi connectivity index (χ4n) is 1.74. The molecule has 0 saturated heterocycles. The van der Waals surface area contributed by atoms with E-state index >= 15 is 0 Å². The minimum absolute atomic E-state index is 0.197. The Morgan fingerprint density at radius 2 is 2.00 bits per heavy atom. The Hall–Kier alpha value is -1.36. The number of carboxylic acid groups (broad SMARTS) is 1. The molecule has 0 bridgehead atoms. The maximum atomic E-state index is 12.1. The van der Waals surface area contributed by atoms with Gasteiger partial charge in [-0.3, -0.25) is 4.79 Å². The molecule has 1 rings (SSSR count). The maximum Gasteiger partial charge on any atom is 0.326 e. The number of benzene rings is 1. The molecule has 0 aliphatic carbocycles. The van der Waals surface area contributed by atoms with Crippen LogP contribution in [0.1, 0.15) is 36.2 Å². The molecule has 0 radical (unpaired) electrons. The zero-order valence-corrected chi connectivity index (χ0v) is 12.8. The highest BCUT2D eigenvalue weighted by atomic mass is 79.9. The number of amides is 1. The molecule has 0 spiro atoms. The summed E-state index contributed by atoms with van der Waals surface area (Å²) in [5.41, 5.74) is 1.40. The van der Waals surface area contributed by atoms with Crippen molar-refractivity contribution < 1.29 is 14.7 Å². The van der Waals surface area contributed by atoms with E-state index in [1.165, 1.54) is 0 Å². The normalized spacial score (nSPS) is 12.3. The van der Waals surface area contributed by atoms with E-state index in [4.69, 9.17) is 5.11 Å². The van der Waals surface area contributed by atoms with Crippen LogP contribution in [0.25, 0.3) is 0 Å². The molecule has 1 aromatic rings. The molecule has 0 saturated carbocycles. The van der Waals surface area contributed by atoms with Gasteiger partial charge in [0.1, 0.15) is 6.04 Å². The standard InChI is InChI=1S/C14H18BrNO3/c1-8(2)6-12(14(18)19)16-13(17)10-7-9(3)4-5-11(10)15/h4-5,7-8,12H,6H2,1-3H3,(H,16,17)(H,18,19)/t12-/m1/s1. The summed E-state index contributed by atoms with van der Waals surface area (Å²) in [7, 11) is 0. The number of aliphatic carboxylic acids is 1. The molecule has 19 heavy (non-hydrogen) atoms. The Morgan fingerprint density at radius 3 is 2.53 bits per heavy atom. The van der Waals surface area contributed by atoms with Gasteiger partial charge in [-0.1, -0.05) is 25.5 Å². The highest BCUT2D eigenvalue weighted by Crippen LogP contribution is 2.18. The number of nitrogens with one attached hydrogen (secondary N) is 1. The first-order valence-electron chi connectivity index (χ1n) is 6.11. The first-order valence-corrected chi connectivity index (χ1v) is 6.90. The number of rotatable bonds is 5. The van der Waals surface area contributed by atoms with Crippen LogP contribution in [-0.4, -0.2) is 23.0 Å². The zero-order valence-electron chi connectivity index (χ0n) is 11.2. The van der Waals surface area contributed by atoms with Gasteiger partial charge in [0.15, 0.2) is 0 Å². The lowest BCUT2D eigenvalue weighted by Gasteiger charge is -2.17. The lowest BCUT2D eigenvalue weighted by atomic mass is 10.0. The molecular formula is C14H18BrNO3. The minimum atomic E-state index is -1.01. The van der Waals surface area contributed by atoms with Gasteiger partial charge in [-0.2, -0.15) is 0 Å². The molecule has 0 aliphatic rings. The molecule has 2 N–H and O–H groups in total. The molecule has 1 amide bonds. The van der Waals surface area contributed by atoms with E-state index in [-0.39, 0.29) is 11.8 Å². The Labute approximate surface area is 121 Å². The SMILES string of the molecule is Cc1ccc(Br)c(C(=O)N[C@H](CC(C)C)C(=O)O)c1. The van der Waals surface area contributed by atoms with Crippen LogP contribution < -0.4 is 5.32 Å². The third-order valence-electron chi connectivity index (χ3n) is 2.68. The molecule has 104 valence electrons. The second kappa shape index (κ2) is 6.70. The average molecular weight is 328 g/mol. The first-order chi connectivity index (χ1) is 8.81. The third kappa shape index (κ3) is 4.67. The van der Waals surface area contributed by atoms with Crippen molar-refractivity contribution >= 4 is 27.8 Å². The summed E-state index contributed by atoms with van der Waals surface area (Å²) >= 11 is 3.30. The van der Waals surface area contributed by atoms with Crippen molar-refractivity contribution in [1.82, 2.24) is 5.32 Å². The fourth-order valence-corrected chi connectivity index (χ4v) is 2.17. The van der Waals surface area contributed by atoms with Crippen molar-refractivity contribution in [3.05, 3.63) is 33.8 Å². The number of halogens is 1. The van der Waals surface area contributed by atoms with Crippen LogP contribution in [0.3, 0.4) is 0 Å². The third-order valence-corrected chi connectivity index (χ3v) is 3.37. The number of carboxylic acids is 1. The van der Waals surface area contributed by atoms with Crippen LogP contribution in [0.15, 0.2) is 22.7 Å². The first kappa shape index (κ1) is 15.7. The number of carbonyl (C=O) groups excluding carboxylic acids is 1. The van der Waals surface area contributed by atoms with Gasteiger partial charge in [-0.25, -0.2) is 4.79 Å². The molecule has 0 aromatic heterocycles. The topological polar surface area (TPSA) is 66.4 Å². The lowest BCUT2D eigenvalue weighted by Crippen LogP contribution is -2.41. The van der Waals surface area contributed by atoms with Crippen molar-refractivity contribution in [2.75, 3.05) is 0 Å². The average Bonchev–Trinajstić information content (AvgIpc) is 2.30. The lowest BCUT2D eigenvalue weighted by molar-refractivity contribution is -0.139. The van der Waals surface area contributed by atoms with Gasteiger partial charge < -0.3 is 10.4 Å². The zero-order chi connectivity index (χ0) is 14.6. The monoisotopic (exact) mass is 327 g/mol. The van der Waals surface area contributed by atoms with Crippen molar-refractivity contribution in [3.8, 4) is 0 Å². The summed E-state index contributed by atoms with van der Waals surface area (Å²) in [5.74, 6) is -1.18. The molecular weight excluding hydrogens is 310 g/mol. The van der Waals surface area contributed by atoms with Crippen LogP contribution in [0.4, 0.5) is 0 Å². The van der Waals surface area contributed by atoms with E-state index in [9.17, 15) is 9.59 Å². The highest BCUT2D eigenvalue weighted by Gasteiger charge is 2.22. The molecule has 0 heterocycles. The van der Waals surface area contributed by atoms with Crippen LogP contribution >= 0.6 is 15.9 Å². The second-order valence-corrected chi connectivity index (χ2v) is 5.83. The molecule has 0 aliphatic heterocycles. The van der Waals surface area contributed by atoms with Crippen molar-refractivity contribution in [3.63, 3.8) is 0 Å². The largest absolute Gasteiger partial charge is 0.480 e. The number of aryl methyl sites for hydroxylation is 1. The number of hydrogen-bond donors (Lipinski definition) is 2. The van der Waals surface area contributed by atoms with Gasteiger partial charge in [-0.15, -0.1) is 0 Å². The Kier molecular flexibility index (Phi) is 5.54. The summed E-state index contributed by atoms with van der Waals surface area (Å²) in [6, 6.07) is 4.53. The molecule has 5 heteroatoms. The molecule has 1 aromatic carbocycles. The highest BCUT2D eigenvalue weighted by molar-refractivity contribution is 9.10. The molecule has 1 atom stereocenters. The predicted molar refractivity (Wildman–Crippen MR) is 77.2 cm³/mol. The summed E-state index contributed by atoms with van der Waals surface area (Å²) < 4.78 is 0.657. The van der Waals surface area contributed by atoms with E-state index in [1.807, 2.05) is 26.8 Å². The predicted octanol–water partition coefficient (Wildman–Crippen LogP) is 2.99. The van der Waals surface area contributed by atoms with Crippen molar-refractivity contribution in [2.45, 2.75) is 33.2 Å². The smallest absolute Gasteiger partial charge is 0.326 e. The van der Waals surface area contributed by atoms with Gasteiger partial charge in [0.2, 0.25) is 0 Å². The van der Waals surface area contributed by atoms with Gasteiger partial charge in [0, 0.05) is 4.47 Å². The summed E-state index contributed by atoms with van der Waals surface area (Å²) in [5, 5.41) is 11.7. The van der Waals surface area contributed by atoms with E-state index < -0.39 is 12.0 Å². The maximum absolute atomic E-state index is 12.1. The van der Waals surface area contributed by atoms with E-state index in [1.54, 1.807) is 12.1 Å². The van der Waals surface area contributed by atoms with E-state index in [0.717, 1.165) is 5.56 Å². The van der Waals surface area contributed by atoms with Crippen LogP contribution in [0.2, 0.25) is 0 Å². The van der Waals surface area contributed by atoms with Gasteiger partial charge in [0.25, 0.3) is 5.91 Å². The van der Waals surface area contributed by atoms with Crippen LogP contribution in [0.5, 0.6) is 0 Å². The Bertz CT molecular complexity index is 486. The number of carbonyl (C=O) groups is 2. The summed E-state index contributed by atoms with van der Waals surface area (Å²) in [4.78, 5) is 23.2. The van der Waals surface area contributed by atoms with E-state index in [2.05, 4.69) is 21.2 Å². The molecule has 0 unspecified atom stereocenters. The van der Waals surface area contributed by atoms with Crippen molar-refractivity contribution in [1.29, 1.82) is 0 Å². The second-order valence-electron chi connectivity index (χ2n) is 4.98. The molecule has 4 nitrogen and oxygen atoms in total. The summed E-state index contributed by atoms with van der Waals surface area (Å²) in [6.45, 7) is 5.72. The van der Waals surface area contributed by atoms with Crippen LogP contribution in [0, 0.1) is 12.8 Å².